The molecule has 0 aliphatic carbocycles. The van der Waals surface area contributed by atoms with Crippen LogP contribution in [0.3, 0.4) is 0 Å². The van der Waals surface area contributed by atoms with Crippen molar-refractivity contribution in [1.82, 2.24) is 10.2 Å². The molecule has 14 heavy (non-hydrogen) atoms. The van der Waals surface area contributed by atoms with Crippen LogP contribution < -0.4 is 5.32 Å². The first-order valence-electron chi connectivity index (χ1n) is 5.74. The van der Waals surface area contributed by atoms with E-state index in [0.717, 1.165) is 13.0 Å². The molecule has 2 aliphatic heterocycles. The number of carbonyl (C=O) groups excluding carboxylic acids is 1. The van der Waals surface area contributed by atoms with Gasteiger partial charge in [-0.15, -0.1) is 0 Å². The summed E-state index contributed by atoms with van der Waals surface area (Å²) in [6.07, 6.45) is 3.32. The van der Waals surface area contributed by atoms with Crippen molar-refractivity contribution in [2.75, 3.05) is 20.1 Å². The first-order chi connectivity index (χ1) is 6.77. The fraction of sp³-hybridized carbons (Fsp3) is 0.909. The van der Waals surface area contributed by atoms with Crippen LogP contribution in [0, 0.1) is 5.92 Å². The van der Waals surface area contributed by atoms with Crippen LogP contribution in [0.4, 0.5) is 0 Å². The van der Waals surface area contributed by atoms with Gasteiger partial charge in [0, 0.05) is 24.9 Å². The van der Waals surface area contributed by atoms with Crippen LogP contribution in [-0.2, 0) is 4.79 Å². The van der Waals surface area contributed by atoms with Crippen LogP contribution >= 0.6 is 0 Å². The predicted octanol–water partition coefficient (Wildman–Crippen LogP) is 1.24. The van der Waals surface area contributed by atoms with Crippen molar-refractivity contribution < 1.29 is 4.79 Å². The minimum absolute atomic E-state index is 0.236. The molecule has 2 aliphatic rings. The summed E-state index contributed by atoms with van der Waals surface area (Å²) in [4.78, 5) is 13.4. The van der Waals surface area contributed by atoms with E-state index in [-0.39, 0.29) is 5.91 Å². The highest BCUT2D eigenvalue weighted by atomic mass is 16.1. The Morgan fingerprint density at radius 2 is 2.14 bits per heavy atom. The number of nitrogens with one attached hydrogen (secondary N) is 1. The smallest absolute Gasteiger partial charge is 0.220 e. The molecule has 2 atom stereocenters. The summed E-state index contributed by atoms with van der Waals surface area (Å²) in [5.41, 5.74) is 0. The lowest BCUT2D eigenvalue weighted by Crippen LogP contribution is -2.33. The number of carbonyl (C=O) groups is 1. The fourth-order valence-corrected chi connectivity index (χ4v) is 2.43. The number of likely N-dealkylation sites (tertiary alicyclic amines) is 1. The van der Waals surface area contributed by atoms with E-state index in [0.29, 0.717) is 12.0 Å². The van der Waals surface area contributed by atoms with Crippen molar-refractivity contribution in [2.45, 2.75) is 39.2 Å². The lowest BCUT2D eigenvalue weighted by molar-refractivity contribution is -0.119. The zero-order valence-electron chi connectivity index (χ0n) is 9.55. The maximum absolute atomic E-state index is 11.0. The van der Waals surface area contributed by atoms with Crippen LogP contribution in [0.5, 0.6) is 0 Å². The normalized spacial score (nSPS) is 32.4. The number of hydrogen-bond acceptors (Lipinski definition) is 2. The third-order valence-corrected chi connectivity index (χ3v) is 3.13. The van der Waals surface area contributed by atoms with Gasteiger partial charge < -0.3 is 10.2 Å². The maximum Gasteiger partial charge on any atom is 0.220 e. The SMILES string of the molecule is CC.CN1CCCC1C1CNC(=O)C1. The Hall–Kier alpha value is -0.570. The van der Waals surface area contributed by atoms with Gasteiger partial charge in [-0.05, 0) is 26.4 Å². The van der Waals surface area contributed by atoms with Gasteiger partial charge in [-0.2, -0.15) is 0 Å². The van der Waals surface area contributed by atoms with E-state index in [4.69, 9.17) is 0 Å². The van der Waals surface area contributed by atoms with E-state index in [2.05, 4.69) is 17.3 Å². The Bertz CT molecular complexity index is 194. The van der Waals surface area contributed by atoms with Crippen LogP contribution in [-0.4, -0.2) is 37.0 Å². The third kappa shape index (κ3) is 2.47. The topological polar surface area (TPSA) is 32.3 Å². The molecule has 2 fully saturated rings. The van der Waals surface area contributed by atoms with Crippen LogP contribution in [0.2, 0.25) is 0 Å². The molecule has 3 nitrogen and oxygen atoms in total. The van der Waals surface area contributed by atoms with Gasteiger partial charge in [-0.1, -0.05) is 13.8 Å². The zero-order chi connectivity index (χ0) is 10.6. The van der Waals surface area contributed by atoms with Crippen LogP contribution in [0.1, 0.15) is 33.1 Å². The lowest BCUT2D eigenvalue weighted by Gasteiger charge is -2.24. The van der Waals surface area contributed by atoms with Crippen LogP contribution in [0.15, 0.2) is 0 Å². The number of hydrogen-bond donors (Lipinski definition) is 1. The van der Waals surface area contributed by atoms with Crippen molar-refractivity contribution in [1.29, 1.82) is 0 Å². The zero-order valence-corrected chi connectivity index (χ0v) is 9.55. The van der Waals surface area contributed by atoms with Crippen molar-refractivity contribution >= 4 is 5.91 Å². The summed E-state index contributed by atoms with van der Waals surface area (Å²) >= 11 is 0. The number of rotatable bonds is 1. The third-order valence-electron chi connectivity index (χ3n) is 3.13. The van der Waals surface area contributed by atoms with Gasteiger partial charge in [-0.25, -0.2) is 0 Å². The van der Waals surface area contributed by atoms with Gasteiger partial charge in [0.2, 0.25) is 5.91 Å². The van der Waals surface area contributed by atoms with Gasteiger partial charge >= 0.3 is 0 Å². The fourth-order valence-electron chi connectivity index (χ4n) is 2.43. The second-order valence-electron chi connectivity index (χ2n) is 3.96. The molecule has 1 N–H and O–H groups in total. The van der Waals surface area contributed by atoms with Gasteiger partial charge in [0.05, 0.1) is 0 Å². The molecule has 2 saturated heterocycles. The summed E-state index contributed by atoms with van der Waals surface area (Å²) in [6, 6.07) is 0.656. The largest absolute Gasteiger partial charge is 0.356 e. The molecule has 0 aromatic rings. The Morgan fingerprint density at radius 3 is 2.57 bits per heavy atom. The van der Waals surface area contributed by atoms with Gasteiger partial charge in [-0.3, -0.25) is 4.79 Å². The highest BCUT2D eigenvalue weighted by molar-refractivity contribution is 5.78. The minimum atomic E-state index is 0.236. The predicted molar refractivity (Wildman–Crippen MR) is 58.1 cm³/mol. The number of nitrogens with zero attached hydrogens (tertiary/aromatic N) is 1. The average molecular weight is 198 g/mol. The van der Waals surface area contributed by atoms with Crippen LogP contribution in [0.25, 0.3) is 0 Å². The second-order valence-corrected chi connectivity index (χ2v) is 3.96. The molecule has 2 unspecified atom stereocenters. The van der Waals surface area contributed by atoms with E-state index >= 15 is 0 Å². The molecular formula is C11H22N2O. The van der Waals surface area contributed by atoms with Gasteiger partial charge in [0.15, 0.2) is 0 Å². The molecular weight excluding hydrogens is 176 g/mol. The molecule has 2 heterocycles. The Balaban J connectivity index is 0.000000461. The summed E-state index contributed by atoms with van der Waals surface area (Å²) in [5.74, 6) is 0.810. The molecule has 1 amide bonds. The van der Waals surface area contributed by atoms with E-state index in [1.165, 1.54) is 19.4 Å². The average Bonchev–Trinajstić information content (AvgIpc) is 2.78. The van der Waals surface area contributed by atoms with E-state index in [1.54, 1.807) is 0 Å². The van der Waals surface area contributed by atoms with Gasteiger partial charge in [0.1, 0.15) is 0 Å². The Labute approximate surface area is 86.9 Å². The van der Waals surface area contributed by atoms with E-state index in [9.17, 15) is 4.79 Å². The molecule has 0 saturated carbocycles. The molecule has 2 rings (SSSR count). The first-order valence-corrected chi connectivity index (χ1v) is 5.74. The van der Waals surface area contributed by atoms with Gasteiger partial charge in [0.25, 0.3) is 0 Å². The summed E-state index contributed by atoms with van der Waals surface area (Å²) in [7, 11) is 2.17. The molecule has 0 aromatic heterocycles. The van der Waals surface area contributed by atoms with Crippen molar-refractivity contribution in [3.05, 3.63) is 0 Å². The molecule has 0 bridgehead atoms. The number of amides is 1. The van der Waals surface area contributed by atoms with E-state index in [1.807, 2.05) is 13.8 Å². The quantitative estimate of drug-likeness (QED) is 0.687. The van der Waals surface area contributed by atoms with E-state index < -0.39 is 0 Å². The maximum atomic E-state index is 11.0. The molecule has 0 aromatic carbocycles. The minimum Gasteiger partial charge on any atom is -0.356 e. The standard InChI is InChI=1S/C9H16N2O.C2H6/c1-11-4-2-3-8(11)7-5-9(12)10-6-7;1-2/h7-8H,2-6H2,1H3,(H,10,12);1-2H3. The van der Waals surface area contributed by atoms with Crippen molar-refractivity contribution in [2.24, 2.45) is 5.92 Å². The molecule has 0 spiro atoms. The highest BCUT2D eigenvalue weighted by Gasteiger charge is 2.33. The van der Waals surface area contributed by atoms with Crippen molar-refractivity contribution in [3.8, 4) is 0 Å². The Kier molecular flexibility index (Phi) is 4.39. The summed E-state index contributed by atoms with van der Waals surface area (Å²) in [5, 5.41) is 2.90. The second kappa shape index (κ2) is 5.35. The molecule has 3 heteroatoms. The van der Waals surface area contributed by atoms with Crippen molar-refractivity contribution in [3.63, 3.8) is 0 Å². The first kappa shape index (κ1) is 11.5. The summed E-state index contributed by atoms with van der Waals surface area (Å²) in [6.45, 7) is 6.10. The highest BCUT2D eigenvalue weighted by Crippen LogP contribution is 2.26. The molecule has 82 valence electrons. The lowest BCUT2D eigenvalue weighted by atomic mass is 9.97. The molecule has 0 radical (unpaired) electrons. The monoisotopic (exact) mass is 198 g/mol. The summed E-state index contributed by atoms with van der Waals surface area (Å²) < 4.78 is 0. The Morgan fingerprint density at radius 1 is 1.43 bits per heavy atom.